The molecule has 0 aliphatic heterocycles. The third-order valence-corrected chi connectivity index (χ3v) is 7.54. The highest BCUT2D eigenvalue weighted by molar-refractivity contribution is 7.18. The van der Waals surface area contributed by atoms with Gasteiger partial charge in [0.05, 0.1) is 5.69 Å². The summed E-state index contributed by atoms with van der Waals surface area (Å²) in [7, 11) is 0. The Hall–Kier alpha value is -3.46. The fourth-order valence-electron chi connectivity index (χ4n) is 4.45. The number of amides is 2. The molecular weight excluding hydrogens is 466 g/mol. The zero-order chi connectivity index (χ0) is 25.1. The van der Waals surface area contributed by atoms with Gasteiger partial charge in [-0.05, 0) is 69.2 Å². The third-order valence-electron chi connectivity index (χ3n) is 6.38. The van der Waals surface area contributed by atoms with E-state index in [4.69, 9.17) is 4.42 Å². The molecule has 0 unspecified atom stereocenters. The average Bonchev–Trinajstić information content (AvgIpc) is 3.51. The number of nitrogens with zero attached hydrogens (tertiary/aromatic N) is 2. The van der Waals surface area contributed by atoms with Crippen LogP contribution in [0, 0.1) is 11.8 Å². The molecule has 0 radical (unpaired) electrons. The zero-order valence-corrected chi connectivity index (χ0v) is 20.8. The molecule has 1 aliphatic carbocycles. The highest BCUT2D eigenvalue weighted by Crippen LogP contribution is 2.40. The summed E-state index contributed by atoms with van der Waals surface area (Å²) >= 11 is 1.15. The van der Waals surface area contributed by atoms with Gasteiger partial charge in [0, 0.05) is 22.5 Å². The molecule has 1 aromatic carbocycles. The molecule has 1 saturated carbocycles. The van der Waals surface area contributed by atoms with E-state index < -0.39 is 5.97 Å². The fraction of sp³-hybridized carbons (Fsp3) is 0.385. The topological polar surface area (TPSA) is 113 Å². The first-order chi connectivity index (χ1) is 16.7. The first-order valence-electron chi connectivity index (χ1n) is 11.7. The van der Waals surface area contributed by atoms with Gasteiger partial charge >= 0.3 is 5.97 Å². The van der Waals surface area contributed by atoms with Crippen LogP contribution in [-0.4, -0.2) is 33.9 Å². The predicted molar refractivity (Wildman–Crippen MR) is 135 cm³/mol. The SMILES string of the molecule is CC(C)N(c1cc(-c2ccc(NC(=O)c3cocn3)cc2)sc1C(=O)O)C(=O)[C@H]1CC[C@H](C)CC1. The maximum absolute atomic E-state index is 13.5. The quantitative estimate of drug-likeness (QED) is 0.421. The van der Waals surface area contributed by atoms with Crippen LogP contribution in [0.2, 0.25) is 0 Å². The number of rotatable bonds is 7. The molecule has 0 atom stereocenters. The van der Waals surface area contributed by atoms with Crippen LogP contribution in [0.3, 0.4) is 0 Å². The molecule has 0 saturated heterocycles. The van der Waals surface area contributed by atoms with Crippen LogP contribution in [-0.2, 0) is 4.79 Å². The van der Waals surface area contributed by atoms with Crippen molar-refractivity contribution in [3.63, 3.8) is 0 Å². The molecule has 2 N–H and O–H groups in total. The standard InChI is InChI=1S/C26H29N3O5S/c1-15(2)29(25(31)18-6-4-16(3)5-7-18)21-12-22(35-23(21)26(32)33)17-8-10-19(11-9-17)28-24(30)20-13-34-14-27-20/h8-16,18H,4-7H2,1-3H3,(H,28,30)(H,32,33)/t16-,18-. The van der Waals surface area contributed by atoms with Crippen LogP contribution < -0.4 is 10.2 Å². The monoisotopic (exact) mass is 495 g/mol. The highest BCUT2D eigenvalue weighted by Gasteiger charge is 2.33. The van der Waals surface area contributed by atoms with Crippen molar-refractivity contribution >= 4 is 40.5 Å². The predicted octanol–water partition coefficient (Wildman–Crippen LogP) is 5.92. The van der Waals surface area contributed by atoms with Crippen LogP contribution in [0.5, 0.6) is 0 Å². The minimum absolute atomic E-state index is 0.00432. The lowest BCUT2D eigenvalue weighted by Crippen LogP contribution is -2.42. The van der Waals surface area contributed by atoms with E-state index in [1.807, 2.05) is 26.0 Å². The van der Waals surface area contributed by atoms with Gasteiger partial charge in [0.1, 0.15) is 11.1 Å². The Labute approximate surface area is 208 Å². The van der Waals surface area contributed by atoms with Gasteiger partial charge in [0.15, 0.2) is 12.1 Å². The number of hydrogen-bond donors (Lipinski definition) is 2. The van der Waals surface area contributed by atoms with Crippen molar-refractivity contribution in [3.05, 3.63) is 53.6 Å². The Bertz CT molecular complexity index is 1190. The Morgan fingerprint density at radius 2 is 1.83 bits per heavy atom. The van der Waals surface area contributed by atoms with Gasteiger partial charge in [0.25, 0.3) is 5.91 Å². The van der Waals surface area contributed by atoms with Gasteiger partial charge in [-0.2, -0.15) is 0 Å². The number of carboxylic acid groups (broad SMARTS) is 1. The summed E-state index contributed by atoms with van der Waals surface area (Å²) in [5.41, 5.74) is 1.99. The minimum atomic E-state index is -1.05. The van der Waals surface area contributed by atoms with E-state index in [1.54, 1.807) is 23.1 Å². The molecule has 1 aliphatic rings. The first kappa shape index (κ1) is 24.7. The summed E-state index contributed by atoms with van der Waals surface area (Å²) in [5.74, 6) is -0.891. The molecule has 9 heteroatoms. The van der Waals surface area contributed by atoms with Crippen molar-refractivity contribution in [1.82, 2.24) is 4.98 Å². The molecule has 2 heterocycles. The Morgan fingerprint density at radius 1 is 1.14 bits per heavy atom. The van der Waals surface area contributed by atoms with Crippen molar-refractivity contribution in [2.75, 3.05) is 10.2 Å². The number of nitrogens with one attached hydrogen (secondary N) is 1. The number of anilines is 2. The summed E-state index contributed by atoms with van der Waals surface area (Å²) in [4.78, 5) is 44.2. The molecule has 3 aromatic rings. The van der Waals surface area contributed by atoms with Crippen molar-refractivity contribution < 1.29 is 23.9 Å². The maximum atomic E-state index is 13.5. The molecule has 184 valence electrons. The van der Waals surface area contributed by atoms with Crippen LogP contribution in [0.4, 0.5) is 11.4 Å². The summed E-state index contributed by atoms with van der Waals surface area (Å²) < 4.78 is 4.83. The summed E-state index contributed by atoms with van der Waals surface area (Å²) in [6.45, 7) is 6.04. The number of aromatic nitrogens is 1. The van der Waals surface area contributed by atoms with E-state index in [9.17, 15) is 19.5 Å². The van der Waals surface area contributed by atoms with Gasteiger partial charge in [-0.25, -0.2) is 9.78 Å². The third kappa shape index (κ3) is 5.45. The van der Waals surface area contributed by atoms with Crippen LogP contribution in [0.25, 0.3) is 10.4 Å². The van der Waals surface area contributed by atoms with Gasteiger partial charge in [-0.1, -0.05) is 19.1 Å². The Kier molecular flexibility index (Phi) is 7.35. The van der Waals surface area contributed by atoms with E-state index >= 15 is 0 Å². The van der Waals surface area contributed by atoms with Gasteiger partial charge in [-0.15, -0.1) is 11.3 Å². The molecule has 2 amide bonds. The number of thiophene rings is 1. The van der Waals surface area contributed by atoms with Crippen molar-refractivity contribution in [2.45, 2.75) is 52.5 Å². The number of carbonyl (C=O) groups is 3. The van der Waals surface area contributed by atoms with Crippen molar-refractivity contribution in [3.8, 4) is 10.4 Å². The van der Waals surface area contributed by atoms with Crippen molar-refractivity contribution in [2.24, 2.45) is 11.8 Å². The van der Waals surface area contributed by atoms with Crippen LogP contribution in [0.1, 0.15) is 66.6 Å². The van der Waals surface area contributed by atoms with Gasteiger partial charge in [0.2, 0.25) is 5.91 Å². The number of hydrogen-bond acceptors (Lipinski definition) is 6. The lowest BCUT2D eigenvalue weighted by atomic mass is 9.82. The van der Waals surface area contributed by atoms with Crippen LogP contribution >= 0.6 is 11.3 Å². The van der Waals surface area contributed by atoms with E-state index in [0.717, 1.165) is 47.5 Å². The smallest absolute Gasteiger partial charge is 0.348 e. The second-order valence-electron chi connectivity index (χ2n) is 9.29. The molecule has 35 heavy (non-hydrogen) atoms. The number of benzene rings is 1. The summed E-state index contributed by atoms with van der Waals surface area (Å²) in [6.07, 6.45) is 6.16. The number of carbonyl (C=O) groups excluding carboxylic acids is 2. The lowest BCUT2D eigenvalue weighted by Gasteiger charge is -2.33. The minimum Gasteiger partial charge on any atom is -0.477 e. The molecule has 0 spiro atoms. The second-order valence-corrected chi connectivity index (χ2v) is 10.3. The molecule has 8 nitrogen and oxygen atoms in total. The fourth-order valence-corrected chi connectivity index (χ4v) is 5.44. The molecule has 0 bridgehead atoms. The number of aromatic carboxylic acids is 1. The second kappa shape index (κ2) is 10.4. The molecule has 4 rings (SSSR count). The zero-order valence-electron chi connectivity index (χ0n) is 20.0. The molecule has 1 fully saturated rings. The first-order valence-corrected chi connectivity index (χ1v) is 12.6. The van der Waals surface area contributed by atoms with Crippen molar-refractivity contribution in [1.29, 1.82) is 0 Å². The highest BCUT2D eigenvalue weighted by atomic mass is 32.1. The van der Waals surface area contributed by atoms with Gasteiger partial charge in [-0.3, -0.25) is 9.59 Å². The van der Waals surface area contributed by atoms with E-state index in [1.165, 1.54) is 12.7 Å². The number of oxazole rings is 1. The largest absolute Gasteiger partial charge is 0.477 e. The Morgan fingerprint density at radius 3 is 2.40 bits per heavy atom. The summed E-state index contributed by atoms with van der Waals surface area (Å²) in [6, 6.07) is 8.72. The van der Waals surface area contributed by atoms with E-state index in [2.05, 4.69) is 17.2 Å². The van der Waals surface area contributed by atoms with E-state index in [-0.39, 0.29) is 34.3 Å². The van der Waals surface area contributed by atoms with Gasteiger partial charge < -0.3 is 19.7 Å². The Balaban J connectivity index is 1.59. The lowest BCUT2D eigenvalue weighted by molar-refractivity contribution is -0.123. The molecule has 2 aromatic heterocycles. The van der Waals surface area contributed by atoms with Crippen LogP contribution in [0.15, 0.2) is 47.4 Å². The number of carboxylic acids is 1. The summed E-state index contributed by atoms with van der Waals surface area (Å²) in [5, 5.41) is 12.7. The average molecular weight is 496 g/mol. The maximum Gasteiger partial charge on any atom is 0.348 e. The van der Waals surface area contributed by atoms with E-state index in [0.29, 0.717) is 17.3 Å². The normalized spacial score (nSPS) is 17.8. The molecular formula is C26H29N3O5S.